The van der Waals surface area contributed by atoms with E-state index in [1.165, 1.54) is 11.3 Å². The fraction of sp³-hybridized carbons (Fsp3) is 0.636. The van der Waals surface area contributed by atoms with Crippen molar-refractivity contribution >= 4 is 22.4 Å². The first-order chi connectivity index (χ1) is 7.20. The average molecular weight is 242 g/mol. The molecular formula is C11H18N2O2S. The van der Waals surface area contributed by atoms with Gasteiger partial charge in [0.15, 0.2) is 5.13 Å². The predicted molar refractivity (Wildman–Crippen MR) is 65.8 cm³/mol. The van der Waals surface area contributed by atoms with E-state index in [1.807, 2.05) is 34.6 Å². The molecule has 0 aliphatic carbocycles. The summed E-state index contributed by atoms with van der Waals surface area (Å²) in [6, 6.07) is 0. The monoisotopic (exact) mass is 242 g/mol. The zero-order chi connectivity index (χ0) is 12.5. The lowest BCUT2D eigenvalue weighted by Crippen LogP contribution is -2.24. The molecule has 1 heterocycles. The maximum absolute atomic E-state index is 11.9. The Bertz CT molecular complexity index is 391. The molecule has 0 bridgehead atoms. The maximum Gasteiger partial charge on any atom is 0.350 e. The van der Waals surface area contributed by atoms with Crippen LogP contribution >= 0.6 is 11.3 Å². The number of esters is 1. The van der Waals surface area contributed by atoms with Crippen molar-refractivity contribution in [3.63, 3.8) is 0 Å². The van der Waals surface area contributed by atoms with Gasteiger partial charge in [0.25, 0.3) is 0 Å². The van der Waals surface area contributed by atoms with Crippen LogP contribution in [0.15, 0.2) is 0 Å². The van der Waals surface area contributed by atoms with Crippen LogP contribution < -0.4 is 5.73 Å². The molecule has 0 radical (unpaired) electrons. The molecule has 0 fully saturated rings. The van der Waals surface area contributed by atoms with Gasteiger partial charge in [0.2, 0.25) is 0 Å². The summed E-state index contributed by atoms with van der Waals surface area (Å²) in [6.07, 6.45) is 0. The number of nitrogens with zero attached hydrogens (tertiary/aromatic N) is 1. The average Bonchev–Trinajstić information content (AvgIpc) is 2.44. The van der Waals surface area contributed by atoms with Crippen molar-refractivity contribution in [2.45, 2.75) is 46.1 Å². The summed E-state index contributed by atoms with van der Waals surface area (Å²) in [6.45, 7) is 9.46. The van der Waals surface area contributed by atoms with Gasteiger partial charge in [-0.25, -0.2) is 9.78 Å². The summed E-state index contributed by atoms with van der Waals surface area (Å²) in [4.78, 5) is 16.6. The fourth-order valence-corrected chi connectivity index (χ4v) is 2.08. The van der Waals surface area contributed by atoms with Gasteiger partial charge in [0.05, 0.1) is 5.69 Å². The molecule has 0 amide bonds. The van der Waals surface area contributed by atoms with Gasteiger partial charge in [-0.1, -0.05) is 25.2 Å². The van der Waals surface area contributed by atoms with Crippen molar-refractivity contribution < 1.29 is 9.53 Å². The number of carbonyl (C=O) groups excluding carboxylic acids is 1. The lowest BCUT2D eigenvalue weighted by Gasteiger charge is -2.19. The van der Waals surface area contributed by atoms with Crippen LogP contribution in [-0.4, -0.2) is 16.6 Å². The number of rotatable bonds is 2. The van der Waals surface area contributed by atoms with Crippen molar-refractivity contribution in [3.05, 3.63) is 10.6 Å². The minimum Gasteiger partial charge on any atom is -0.456 e. The molecule has 4 nitrogen and oxygen atoms in total. The summed E-state index contributed by atoms with van der Waals surface area (Å²) < 4.78 is 5.30. The number of carbonyl (C=O) groups is 1. The van der Waals surface area contributed by atoms with Crippen LogP contribution in [0, 0.1) is 0 Å². The zero-order valence-electron chi connectivity index (χ0n) is 10.3. The quantitative estimate of drug-likeness (QED) is 0.810. The molecule has 0 unspecified atom stereocenters. The van der Waals surface area contributed by atoms with Crippen molar-refractivity contribution in [1.29, 1.82) is 0 Å². The van der Waals surface area contributed by atoms with Crippen molar-refractivity contribution in [3.8, 4) is 0 Å². The molecule has 0 saturated heterocycles. The third-order valence-corrected chi connectivity index (χ3v) is 2.68. The van der Waals surface area contributed by atoms with Crippen molar-refractivity contribution in [2.75, 3.05) is 5.73 Å². The number of hydrogen-bond donors (Lipinski definition) is 1. The van der Waals surface area contributed by atoms with Gasteiger partial charge in [-0.05, 0) is 26.7 Å². The molecule has 0 atom stereocenters. The Morgan fingerprint density at radius 3 is 2.44 bits per heavy atom. The number of ether oxygens (including phenoxy) is 1. The second-order valence-corrected chi connectivity index (χ2v) is 5.95. The van der Waals surface area contributed by atoms with Crippen molar-refractivity contribution in [1.82, 2.24) is 4.98 Å². The van der Waals surface area contributed by atoms with E-state index in [4.69, 9.17) is 10.5 Å². The standard InChI is InChI=1S/C11H18N2O2S/c1-6(2)7-8(16-10(12)13-7)9(14)15-11(3,4)5/h6H,1-5H3,(H2,12,13). The predicted octanol–water partition coefficient (Wildman–Crippen LogP) is 2.80. The molecule has 0 saturated carbocycles. The number of nitrogens with two attached hydrogens (primary N) is 1. The fourth-order valence-electron chi connectivity index (χ4n) is 1.21. The Kier molecular flexibility index (Phi) is 3.57. The summed E-state index contributed by atoms with van der Waals surface area (Å²) in [7, 11) is 0. The van der Waals surface area contributed by atoms with Gasteiger partial charge in [0, 0.05) is 0 Å². The van der Waals surface area contributed by atoms with Crippen LogP contribution in [0.4, 0.5) is 5.13 Å². The van der Waals surface area contributed by atoms with E-state index in [1.54, 1.807) is 0 Å². The number of anilines is 1. The first-order valence-corrected chi connectivity index (χ1v) is 6.02. The van der Waals surface area contributed by atoms with E-state index in [0.717, 1.165) is 5.69 Å². The topological polar surface area (TPSA) is 65.2 Å². The molecule has 5 heteroatoms. The third-order valence-electron chi connectivity index (χ3n) is 1.80. The number of aromatic nitrogens is 1. The van der Waals surface area contributed by atoms with Gasteiger partial charge < -0.3 is 10.5 Å². The van der Waals surface area contributed by atoms with Crippen LogP contribution in [0.25, 0.3) is 0 Å². The Labute approximate surface area is 99.8 Å². The number of hydrogen-bond acceptors (Lipinski definition) is 5. The molecule has 0 aliphatic heterocycles. The van der Waals surface area contributed by atoms with Crippen LogP contribution in [0.5, 0.6) is 0 Å². The molecule has 1 aromatic heterocycles. The normalized spacial score (nSPS) is 11.9. The van der Waals surface area contributed by atoms with E-state index < -0.39 is 5.60 Å². The minimum atomic E-state index is -0.496. The van der Waals surface area contributed by atoms with E-state index in [2.05, 4.69) is 4.98 Å². The SMILES string of the molecule is CC(C)c1nc(N)sc1C(=O)OC(C)(C)C. The van der Waals surface area contributed by atoms with Gasteiger partial charge >= 0.3 is 5.97 Å². The Morgan fingerprint density at radius 1 is 1.44 bits per heavy atom. The highest BCUT2D eigenvalue weighted by Crippen LogP contribution is 2.28. The molecule has 0 aromatic carbocycles. The van der Waals surface area contributed by atoms with Gasteiger partial charge in [-0.15, -0.1) is 0 Å². The second kappa shape index (κ2) is 4.41. The van der Waals surface area contributed by atoms with E-state index in [0.29, 0.717) is 10.0 Å². The van der Waals surface area contributed by atoms with Gasteiger partial charge in [0.1, 0.15) is 10.5 Å². The van der Waals surface area contributed by atoms with E-state index in [9.17, 15) is 4.79 Å². The Morgan fingerprint density at radius 2 is 2.00 bits per heavy atom. The Hall–Kier alpha value is -1.10. The van der Waals surface area contributed by atoms with Crippen LogP contribution in [0.2, 0.25) is 0 Å². The summed E-state index contributed by atoms with van der Waals surface area (Å²) in [5.41, 5.74) is 5.84. The van der Waals surface area contributed by atoms with E-state index >= 15 is 0 Å². The molecular weight excluding hydrogens is 224 g/mol. The third kappa shape index (κ3) is 3.20. The van der Waals surface area contributed by atoms with Crippen LogP contribution in [-0.2, 0) is 4.74 Å². The van der Waals surface area contributed by atoms with Gasteiger partial charge in [-0.2, -0.15) is 0 Å². The number of nitrogen functional groups attached to an aromatic ring is 1. The van der Waals surface area contributed by atoms with Gasteiger partial charge in [-0.3, -0.25) is 0 Å². The van der Waals surface area contributed by atoms with Crippen molar-refractivity contribution in [2.24, 2.45) is 0 Å². The lowest BCUT2D eigenvalue weighted by molar-refractivity contribution is 0.00734. The molecule has 0 spiro atoms. The summed E-state index contributed by atoms with van der Waals surface area (Å²) in [5, 5.41) is 0.407. The highest BCUT2D eigenvalue weighted by atomic mass is 32.1. The van der Waals surface area contributed by atoms with Crippen LogP contribution in [0.1, 0.15) is 55.9 Å². The maximum atomic E-state index is 11.9. The summed E-state index contributed by atoms with van der Waals surface area (Å²) in [5.74, 6) is -0.179. The Balaban J connectivity index is 2.99. The minimum absolute atomic E-state index is 0.163. The largest absolute Gasteiger partial charge is 0.456 e. The second-order valence-electron chi connectivity index (χ2n) is 4.92. The van der Waals surface area contributed by atoms with Crippen LogP contribution in [0.3, 0.4) is 0 Å². The molecule has 1 rings (SSSR count). The molecule has 2 N–H and O–H groups in total. The summed E-state index contributed by atoms with van der Waals surface area (Å²) >= 11 is 1.18. The molecule has 0 aliphatic rings. The first-order valence-electron chi connectivity index (χ1n) is 5.20. The molecule has 90 valence electrons. The molecule has 16 heavy (non-hydrogen) atoms. The highest BCUT2D eigenvalue weighted by Gasteiger charge is 2.24. The van der Waals surface area contributed by atoms with E-state index in [-0.39, 0.29) is 11.9 Å². The highest BCUT2D eigenvalue weighted by molar-refractivity contribution is 7.17. The first kappa shape index (κ1) is 13.0. The lowest BCUT2D eigenvalue weighted by atomic mass is 10.1. The smallest absolute Gasteiger partial charge is 0.350 e. The number of thiazole rings is 1. The molecule has 1 aromatic rings. The zero-order valence-corrected chi connectivity index (χ0v) is 11.1.